The molecule has 8 nitrogen and oxygen atoms in total. The topological polar surface area (TPSA) is 116 Å². The molecule has 160 valence electrons. The van der Waals surface area contributed by atoms with E-state index in [0.29, 0.717) is 6.42 Å². The van der Waals surface area contributed by atoms with Crippen LogP contribution in [-0.4, -0.2) is 48.8 Å². The molecular formula is C21H32N4O4. The smallest absolute Gasteiger partial charge is 0.243 e. The minimum atomic E-state index is -0.888. The maximum absolute atomic E-state index is 12.8. The SMILES string of the molecule is CNC(=O)C(C)NC(=O)C(Cc1ccccc1)NC(=O)C(CC(C)C)NC(C)=O. The van der Waals surface area contributed by atoms with Crippen LogP contribution in [0.3, 0.4) is 0 Å². The molecule has 0 aliphatic heterocycles. The van der Waals surface area contributed by atoms with Gasteiger partial charge in [0, 0.05) is 20.4 Å². The van der Waals surface area contributed by atoms with Crippen LogP contribution in [0.15, 0.2) is 30.3 Å². The Labute approximate surface area is 172 Å². The Morgan fingerprint density at radius 1 is 0.828 bits per heavy atom. The summed E-state index contributed by atoms with van der Waals surface area (Å²) < 4.78 is 0. The van der Waals surface area contributed by atoms with Gasteiger partial charge in [-0.3, -0.25) is 19.2 Å². The summed E-state index contributed by atoms with van der Waals surface area (Å²) in [7, 11) is 1.48. The zero-order valence-electron chi connectivity index (χ0n) is 17.7. The Kier molecular flexibility index (Phi) is 9.85. The van der Waals surface area contributed by atoms with E-state index in [0.717, 1.165) is 5.56 Å². The number of carbonyl (C=O) groups is 4. The molecular weight excluding hydrogens is 372 g/mol. The van der Waals surface area contributed by atoms with Gasteiger partial charge in [0.25, 0.3) is 0 Å². The summed E-state index contributed by atoms with van der Waals surface area (Å²) >= 11 is 0. The number of benzene rings is 1. The Morgan fingerprint density at radius 2 is 1.41 bits per heavy atom. The minimum absolute atomic E-state index is 0.173. The van der Waals surface area contributed by atoms with E-state index in [2.05, 4.69) is 21.3 Å². The van der Waals surface area contributed by atoms with Gasteiger partial charge >= 0.3 is 0 Å². The van der Waals surface area contributed by atoms with Crippen LogP contribution in [0.4, 0.5) is 0 Å². The molecule has 0 aliphatic carbocycles. The van der Waals surface area contributed by atoms with Crippen LogP contribution in [-0.2, 0) is 25.6 Å². The van der Waals surface area contributed by atoms with Crippen LogP contribution in [0.1, 0.15) is 39.7 Å². The summed E-state index contributed by atoms with van der Waals surface area (Å²) in [6.07, 6.45) is 0.701. The molecule has 0 saturated carbocycles. The monoisotopic (exact) mass is 404 g/mol. The summed E-state index contributed by atoms with van der Waals surface area (Å²) in [6.45, 7) is 6.80. The molecule has 3 atom stereocenters. The Morgan fingerprint density at radius 3 is 1.93 bits per heavy atom. The van der Waals surface area contributed by atoms with E-state index in [4.69, 9.17) is 0 Å². The van der Waals surface area contributed by atoms with Crippen molar-refractivity contribution in [3.63, 3.8) is 0 Å². The highest BCUT2D eigenvalue weighted by Crippen LogP contribution is 2.08. The number of likely N-dealkylation sites (N-methyl/N-ethyl adjacent to an activating group) is 1. The number of nitrogens with one attached hydrogen (secondary N) is 4. The highest BCUT2D eigenvalue weighted by molar-refractivity contribution is 5.94. The predicted molar refractivity (Wildman–Crippen MR) is 111 cm³/mol. The lowest BCUT2D eigenvalue weighted by Gasteiger charge is -2.25. The molecule has 8 heteroatoms. The fraction of sp³-hybridized carbons (Fsp3) is 0.524. The van der Waals surface area contributed by atoms with Gasteiger partial charge in [0.05, 0.1) is 0 Å². The van der Waals surface area contributed by atoms with Gasteiger partial charge in [-0.2, -0.15) is 0 Å². The van der Waals surface area contributed by atoms with E-state index < -0.39 is 29.9 Å². The van der Waals surface area contributed by atoms with Crippen LogP contribution in [0.25, 0.3) is 0 Å². The van der Waals surface area contributed by atoms with Crippen LogP contribution < -0.4 is 21.3 Å². The molecule has 0 radical (unpaired) electrons. The molecule has 0 aliphatic rings. The van der Waals surface area contributed by atoms with E-state index in [-0.39, 0.29) is 24.2 Å². The predicted octanol–water partition coefficient (Wildman–Crippen LogP) is 0.515. The van der Waals surface area contributed by atoms with Crippen molar-refractivity contribution in [3.05, 3.63) is 35.9 Å². The quantitative estimate of drug-likeness (QED) is 0.455. The lowest BCUT2D eigenvalue weighted by molar-refractivity contribution is -0.133. The van der Waals surface area contributed by atoms with Gasteiger partial charge in [-0.15, -0.1) is 0 Å². The van der Waals surface area contributed by atoms with E-state index in [1.807, 2.05) is 44.2 Å². The van der Waals surface area contributed by atoms with Gasteiger partial charge in [-0.1, -0.05) is 44.2 Å². The lowest BCUT2D eigenvalue weighted by atomic mass is 10.0. The zero-order chi connectivity index (χ0) is 22.0. The first-order valence-corrected chi connectivity index (χ1v) is 9.77. The molecule has 4 N–H and O–H groups in total. The lowest BCUT2D eigenvalue weighted by Crippen LogP contribution is -2.56. The van der Waals surface area contributed by atoms with Crippen molar-refractivity contribution >= 4 is 23.6 Å². The van der Waals surface area contributed by atoms with Crippen LogP contribution >= 0.6 is 0 Å². The fourth-order valence-corrected chi connectivity index (χ4v) is 2.88. The summed E-state index contributed by atoms with van der Waals surface area (Å²) in [5.74, 6) is -1.38. The van der Waals surface area contributed by atoms with Crippen molar-refractivity contribution in [2.75, 3.05) is 7.05 Å². The number of rotatable bonds is 10. The van der Waals surface area contributed by atoms with Crippen LogP contribution in [0.5, 0.6) is 0 Å². The molecule has 0 saturated heterocycles. The minimum Gasteiger partial charge on any atom is -0.357 e. The molecule has 0 aromatic heterocycles. The van der Waals surface area contributed by atoms with E-state index in [9.17, 15) is 19.2 Å². The average molecular weight is 405 g/mol. The molecule has 1 rings (SSSR count). The van der Waals surface area contributed by atoms with Crippen molar-refractivity contribution in [3.8, 4) is 0 Å². The first kappa shape index (κ1) is 24.1. The molecule has 1 aromatic carbocycles. The highest BCUT2D eigenvalue weighted by Gasteiger charge is 2.28. The molecule has 0 spiro atoms. The van der Waals surface area contributed by atoms with Crippen molar-refractivity contribution in [2.24, 2.45) is 5.92 Å². The second-order valence-corrected chi connectivity index (χ2v) is 7.48. The number of hydrogen-bond donors (Lipinski definition) is 4. The molecule has 1 aromatic rings. The van der Waals surface area contributed by atoms with E-state index in [1.54, 1.807) is 6.92 Å². The normalized spacial score (nSPS) is 13.7. The van der Waals surface area contributed by atoms with Crippen LogP contribution in [0.2, 0.25) is 0 Å². The first-order chi connectivity index (χ1) is 13.6. The molecule has 0 heterocycles. The molecule has 0 fully saturated rings. The second kappa shape index (κ2) is 11.8. The summed E-state index contributed by atoms with van der Waals surface area (Å²) in [5, 5.41) is 10.5. The van der Waals surface area contributed by atoms with E-state index in [1.165, 1.54) is 14.0 Å². The largest absolute Gasteiger partial charge is 0.357 e. The maximum atomic E-state index is 12.8. The molecule has 4 amide bonds. The fourth-order valence-electron chi connectivity index (χ4n) is 2.88. The zero-order valence-corrected chi connectivity index (χ0v) is 17.7. The van der Waals surface area contributed by atoms with Crippen LogP contribution in [0, 0.1) is 5.92 Å². The molecule has 29 heavy (non-hydrogen) atoms. The standard InChI is InChI=1S/C21H32N4O4/c1-13(2)11-17(24-15(4)26)21(29)25-18(12-16-9-7-6-8-10-16)20(28)23-14(3)19(27)22-5/h6-10,13-14,17-18H,11-12H2,1-5H3,(H,22,27)(H,23,28)(H,24,26)(H,25,29). The number of amides is 4. The van der Waals surface area contributed by atoms with Gasteiger partial charge in [-0.25, -0.2) is 0 Å². The summed E-state index contributed by atoms with van der Waals surface area (Å²) in [6, 6.07) is 6.89. The third-order valence-corrected chi connectivity index (χ3v) is 4.32. The van der Waals surface area contributed by atoms with Gasteiger partial charge in [0.2, 0.25) is 23.6 Å². The third-order valence-electron chi connectivity index (χ3n) is 4.32. The van der Waals surface area contributed by atoms with Crippen molar-refractivity contribution in [1.82, 2.24) is 21.3 Å². The van der Waals surface area contributed by atoms with Crippen molar-refractivity contribution in [1.29, 1.82) is 0 Å². The molecule has 0 bridgehead atoms. The van der Waals surface area contributed by atoms with E-state index >= 15 is 0 Å². The Balaban J connectivity index is 2.99. The Hall–Kier alpha value is -2.90. The van der Waals surface area contributed by atoms with Gasteiger partial charge < -0.3 is 21.3 Å². The second-order valence-electron chi connectivity index (χ2n) is 7.48. The maximum Gasteiger partial charge on any atom is 0.243 e. The highest BCUT2D eigenvalue weighted by atomic mass is 16.2. The van der Waals surface area contributed by atoms with Crippen molar-refractivity contribution < 1.29 is 19.2 Å². The number of hydrogen-bond acceptors (Lipinski definition) is 4. The van der Waals surface area contributed by atoms with Gasteiger partial charge in [0.1, 0.15) is 18.1 Å². The van der Waals surface area contributed by atoms with Gasteiger partial charge in [0.15, 0.2) is 0 Å². The Bertz CT molecular complexity index is 706. The summed E-state index contributed by atoms with van der Waals surface area (Å²) in [4.78, 5) is 48.8. The molecule has 3 unspecified atom stereocenters. The van der Waals surface area contributed by atoms with Gasteiger partial charge in [-0.05, 0) is 24.8 Å². The number of carbonyl (C=O) groups excluding carboxylic acids is 4. The summed E-state index contributed by atoms with van der Waals surface area (Å²) in [5.41, 5.74) is 0.862. The average Bonchev–Trinajstić information content (AvgIpc) is 2.66. The van der Waals surface area contributed by atoms with Crippen molar-refractivity contribution in [2.45, 2.75) is 58.7 Å². The first-order valence-electron chi connectivity index (χ1n) is 9.77. The third kappa shape index (κ3) is 8.76.